The second-order valence-electron chi connectivity index (χ2n) is 5.29. The molecular weight excluding hydrogens is 300 g/mol. The summed E-state index contributed by atoms with van der Waals surface area (Å²) in [5.41, 5.74) is 5.73. The Bertz CT molecular complexity index is 536. The molecule has 3 N–H and O–H groups in total. The lowest BCUT2D eigenvalue weighted by atomic mass is 9.99. The van der Waals surface area contributed by atoms with Crippen LogP contribution in [0.15, 0.2) is 15.4 Å². The van der Waals surface area contributed by atoms with Gasteiger partial charge in [0.15, 0.2) is 0 Å². The predicted molar refractivity (Wildman–Crippen MR) is 80.6 cm³/mol. The van der Waals surface area contributed by atoms with E-state index >= 15 is 0 Å². The van der Waals surface area contributed by atoms with Crippen LogP contribution in [-0.4, -0.2) is 21.0 Å². The number of hydrogen-bond donors (Lipinski definition) is 2. The minimum Gasteiger partial charge on any atom is -0.465 e. The summed E-state index contributed by atoms with van der Waals surface area (Å²) in [6.45, 7) is 3.73. The van der Waals surface area contributed by atoms with Gasteiger partial charge in [-0.3, -0.25) is 0 Å². The van der Waals surface area contributed by atoms with Gasteiger partial charge in [-0.15, -0.1) is 12.4 Å². The second-order valence-corrected chi connectivity index (χ2v) is 6.97. The van der Waals surface area contributed by atoms with Crippen LogP contribution in [0.4, 0.5) is 0 Å². The zero-order valence-corrected chi connectivity index (χ0v) is 13.5. The number of aryl methyl sites for hydroxylation is 2. The fraction of sp³-hybridized carbons (Fsp3) is 0.692. The first kappa shape index (κ1) is 17.5. The van der Waals surface area contributed by atoms with Crippen molar-refractivity contribution in [3.05, 3.63) is 17.6 Å². The number of sulfonamides is 1. The van der Waals surface area contributed by atoms with Crippen LogP contribution >= 0.6 is 12.4 Å². The van der Waals surface area contributed by atoms with Gasteiger partial charge in [-0.25, -0.2) is 13.1 Å². The van der Waals surface area contributed by atoms with Crippen molar-refractivity contribution in [2.24, 2.45) is 11.7 Å². The number of halogens is 1. The fourth-order valence-electron chi connectivity index (χ4n) is 2.83. The Morgan fingerprint density at radius 3 is 2.45 bits per heavy atom. The fourth-order valence-corrected chi connectivity index (χ4v) is 4.39. The quantitative estimate of drug-likeness (QED) is 0.869. The predicted octanol–water partition coefficient (Wildman–Crippen LogP) is 2.11. The molecule has 1 atom stereocenters. The van der Waals surface area contributed by atoms with Crippen LogP contribution in [0.3, 0.4) is 0 Å². The molecule has 5 nitrogen and oxygen atoms in total. The molecule has 0 spiro atoms. The molecule has 20 heavy (non-hydrogen) atoms. The van der Waals surface area contributed by atoms with E-state index in [1.54, 1.807) is 19.9 Å². The van der Waals surface area contributed by atoms with Crippen molar-refractivity contribution in [1.29, 1.82) is 0 Å². The third-order valence-corrected chi connectivity index (χ3v) is 5.41. The van der Waals surface area contributed by atoms with E-state index in [1.165, 1.54) is 0 Å². The van der Waals surface area contributed by atoms with Gasteiger partial charge in [-0.2, -0.15) is 0 Å². The molecule has 1 aromatic rings. The summed E-state index contributed by atoms with van der Waals surface area (Å²) in [7, 11) is -3.54. The third-order valence-electron chi connectivity index (χ3n) is 3.81. The van der Waals surface area contributed by atoms with Crippen molar-refractivity contribution >= 4 is 22.4 Å². The van der Waals surface area contributed by atoms with Gasteiger partial charge in [0.1, 0.15) is 16.4 Å². The Morgan fingerprint density at radius 2 is 2.00 bits per heavy atom. The SMILES string of the molecule is Cc1cc(S(=O)(=O)NC(CN)C2CCCC2)c(C)o1.Cl. The lowest BCUT2D eigenvalue weighted by Crippen LogP contribution is -2.44. The van der Waals surface area contributed by atoms with Gasteiger partial charge in [0.25, 0.3) is 0 Å². The number of nitrogens with one attached hydrogen (secondary N) is 1. The van der Waals surface area contributed by atoms with Crippen LogP contribution in [0.2, 0.25) is 0 Å². The number of furan rings is 1. The van der Waals surface area contributed by atoms with Gasteiger partial charge >= 0.3 is 0 Å². The standard InChI is InChI=1S/C13H22N2O3S.ClH/c1-9-7-13(10(2)18-9)19(16,17)15-12(8-14)11-5-3-4-6-11;/h7,11-12,15H,3-6,8,14H2,1-2H3;1H. The molecule has 1 saturated carbocycles. The molecule has 2 rings (SSSR count). The molecule has 1 aliphatic carbocycles. The monoisotopic (exact) mass is 322 g/mol. The molecule has 7 heteroatoms. The van der Waals surface area contributed by atoms with E-state index in [4.69, 9.17) is 10.2 Å². The van der Waals surface area contributed by atoms with Crippen LogP contribution < -0.4 is 10.5 Å². The molecule has 1 fully saturated rings. The lowest BCUT2D eigenvalue weighted by molar-refractivity contribution is 0.405. The first-order valence-corrected chi connectivity index (χ1v) is 8.22. The summed E-state index contributed by atoms with van der Waals surface area (Å²) in [6.07, 6.45) is 4.42. The van der Waals surface area contributed by atoms with E-state index in [0.29, 0.717) is 24.0 Å². The van der Waals surface area contributed by atoms with E-state index in [1.807, 2.05) is 0 Å². The van der Waals surface area contributed by atoms with E-state index in [0.717, 1.165) is 25.7 Å². The number of nitrogens with two attached hydrogens (primary N) is 1. The summed E-state index contributed by atoms with van der Waals surface area (Å²) in [5.74, 6) is 1.38. The largest absolute Gasteiger partial charge is 0.465 e. The first-order chi connectivity index (χ1) is 8.94. The maximum atomic E-state index is 12.4. The van der Waals surface area contributed by atoms with Crippen molar-refractivity contribution in [3.8, 4) is 0 Å². The normalized spacial score (nSPS) is 17.9. The second kappa shape index (κ2) is 6.93. The number of rotatable bonds is 5. The van der Waals surface area contributed by atoms with Gasteiger partial charge in [0.05, 0.1) is 0 Å². The van der Waals surface area contributed by atoms with Crippen LogP contribution in [0.25, 0.3) is 0 Å². The maximum Gasteiger partial charge on any atom is 0.244 e. The molecule has 116 valence electrons. The highest BCUT2D eigenvalue weighted by molar-refractivity contribution is 7.89. The highest BCUT2D eigenvalue weighted by Crippen LogP contribution is 2.28. The highest BCUT2D eigenvalue weighted by Gasteiger charge is 2.30. The molecule has 0 aliphatic heterocycles. The summed E-state index contributed by atoms with van der Waals surface area (Å²) in [6, 6.07) is 1.38. The topological polar surface area (TPSA) is 85.3 Å². The molecule has 1 aromatic heterocycles. The van der Waals surface area contributed by atoms with Crippen LogP contribution in [0.5, 0.6) is 0 Å². The minimum absolute atomic E-state index is 0. The molecule has 1 aliphatic rings. The molecule has 0 bridgehead atoms. The summed E-state index contributed by atoms with van der Waals surface area (Å²) >= 11 is 0. The van der Waals surface area contributed by atoms with Gasteiger partial charge in [-0.1, -0.05) is 12.8 Å². The zero-order chi connectivity index (χ0) is 14.0. The van der Waals surface area contributed by atoms with E-state index in [-0.39, 0.29) is 23.3 Å². The van der Waals surface area contributed by atoms with Crippen molar-refractivity contribution in [1.82, 2.24) is 4.72 Å². The highest BCUT2D eigenvalue weighted by atomic mass is 35.5. The zero-order valence-electron chi connectivity index (χ0n) is 11.9. The first-order valence-electron chi connectivity index (χ1n) is 6.73. The van der Waals surface area contributed by atoms with Crippen molar-refractivity contribution in [2.45, 2.75) is 50.5 Å². The van der Waals surface area contributed by atoms with Crippen molar-refractivity contribution in [3.63, 3.8) is 0 Å². The Morgan fingerprint density at radius 1 is 1.40 bits per heavy atom. The van der Waals surface area contributed by atoms with E-state index in [2.05, 4.69) is 4.72 Å². The average Bonchev–Trinajstić information content (AvgIpc) is 2.96. The molecule has 1 unspecified atom stereocenters. The summed E-state index contributed by atoms with van der Waals surface area (Å²) < 4.78 is 32.8. The Labute approximate surface area is 126 Å². The van der Waals surface area contributed by atoms with Crippen molar-refractivity contribution in [2.75, 3.05) is 6.54 Å². The molecule has 0 saturated heterocycles. The van der Waals surface area contributed by atoms with Gasteiger partial charge in [0, 0.05) is 12.6 Å². The van der Waals surface area contributed by atoms with E-state index < -0.39 is 10.0 Å². The maximum absolute atomic E-state index is 12.4. The average molecular weight is 323 g/mol. The van der Waals surface area contributed by atoms with Crippen LogP contribution in [0.1, 0.15) is 37.2 Å². The summed E-state index contributed by atoms with van der Waals surface area (Å²) in [5, 5.41) is 0. The van der Waals surface area contributed by atoms with Gasteiger partial charge in [0.2, 0.25) is 10.0 Å². The number of hydrogen-bond acceptors (Lipinski definition) is 4. The van der Waals surface area contributed by atoms with Crippen molar-refractivity contribution < 1.29 is 12.8 Å². The van der Waals surface area contributed by atoms with Crippen LogP contribution in [-0.2, 0) is 10.0 Å². The molecule has 1 heterocycles. The Kier molecular flexibility index (Phi) is 6.06. The van der Waals surface area contributed by atoms with Gasteiger partial charge in [-0.05, 0) is 38.7 Å². The minimum atomic E-state index is -3.54. The molecule has 0 amide bonds. The smallest absolute Gasteiger partial charge is 0.244 e. The third kappa shape index (κ3) is 3.75. The van der Waals surface area contributed by atoms with E-state index in [9.17, 15) is 8.42 Å². The Hall–Kier alpha value is -0.560. The molecule has 0 radical (unpaired) electrons. The van der Waals surface area contributed by atoms with Crippen LogP contribution in [0, 0.1) is 19.8 Å². The molecule has 0 aromatic carbocycles. The summed E-state index contributed by atoms with van der Waals surface area (Å²) in [4.78, 5) is 0.224. The van der Waals surface area contributed by atoms with Gasteiger partial charge < -0.3 is 10.2 Å². The lowest BCUT2D eigenvalue weighted by Gasteiger charge is -2.22. The Balaban J connectivity index is 0.00000200. The molecular formula is C13H23ClN2O3S.